The molecule has 1 fully saturated rings. The Morgan fingerprint density at radius 1 is 1.44 bits per heavy atom. The van der Waals surface area contributed by atoms with Gasteiger partial charge in [-0.05, 0) is 24.1 Å². The highest BCUT2D eigenvalue weighted by molar-refractivity contribution is 9.10. The van der Waals surface area contributed by atoms with Gasteiger partial charge in [0, 0.05) is 17.6 Å². The summed E-state index contributed by atoms with van der Waals surface area (Å²) in [7, 11) is 0. The van der Waals surface area contributed by atoms with E-state index < -0.39 is 0 Å². The molecule has 1 amide bonds. The second-order valence-corrected chi connectivity index (χ2v) is 4.82. The first-order valence-corrected chi connectivity index (χ1v) is 6.15. The Morgan fingerprint density at radius 2 is 2.19 bits per heavy atom. The molecule has 1 aliphatic rings. The number of rotatable bonds is 3. The standard InChI is InChI=1S/C12H14BrNO2/c13-11-3-1-9(2-4-11)7-14-12(15)10-5-6-16-8-10/h1-4,10H,5-8H2,(H,14,15). The van der Waals surface area contributed by atoms with Crippen molar-refractivity contribution in [3.8, 4) is 0 Å². The van der Waals surface area contributed by atoms with Crippen molar-refractivity contribution in [1.29, 1.82) is 0 Å². The number of nitrogens with one attached hydrogen (secondary N) is 1. The van der Waals surface area contributed by atoms with E-state index in [2.05, 4.69) is 21.2 Å². The number of carbonyl (C=O) groups is 1. The Bertz CT molecular complexity index is 358. The van der Waals surface area contributed by atoms with Gasteiger partial charge in [0.2, 0.25) is 5.91 Å². The molecule has 16 heavy (non-hydrogen) atoms. The Balaban J connectivity index is 1.82. The summed E-state index contributed by atoms with van der Waals surface area (Å²) in [6.07, 6.45) is 0.839. The van der Waals surface area contributed by atoms with E-state index in [0.29, 0.717) is 19.8 Å². The maximum absolute atomic E-state index is 11.7. The van der Waals surface area contributed by atoms with E-state index in [4.69, 9.17) is 4.74 Å². The summed E-state index contributed by atoms with van der Waals surface area (Å²) in [5, 5.41) is 2.93. The van der Waals surface area contributed by atoms with Gasteiger partial charge in [-0.3, -0.25) is 4.79 Å². The molecule has 1 heterocycles. The fourth-order valence-corrected chi connectivity index (χ4v) is 1.94. The third-order valence-electron chi connectivity index (χ3n) is 2.68. The van der Waals surface area contributed by atoms with Crippen molar-refractivity contribution in [3.63, 3.8) is 0 Å². The third kappa shape index (κ3) is 3.06. The zero-order valence-electron chi connectivity index (χ0n) is 8.91. The maximum Gasteiger partial charge on any atom is 0.225 e. The van der Waals surface area contributed by atoms with Gasteiger partial charge in [0.1, 0.15) is 0 Å². The molecule has 86 valence electrons. The Hall–Kier alpha value is -0.870. The van der Waals surface area contributed by atoms with Crippen LogP contribution in [-0.4, -0.2) is 19.1 Å². The topological polar surface area (TPSA) is 38.3 Å². The van der Waals surface area contributed by atoms with Crippen LogP contribution in [0.25, 0.3) is 0 Å². The minimum atomic E-state index is 0.0375. The molecule has 1 N–H and O–H groups in total. The van der Waals surface area contributed by atoms with E-state index in [0.717, 1.165) is 16.5 Å². The van der Waals surface area contributed by atoms with Gasteiger partial charge in [-0.15, -0.1) is 0 Å². The average Bonchev–Trinajstić information content (AvgIpc) is 2.81. The summed E-state index contributed by atoms with van der Waals surface area (Å²) in [6.45, 7) is 1.85. The number of ether oxygens (including phenoxy) is 1. The van der Waals surface area contributed by atoms with Gasteiger partial charge in [-0.2, -0.15) is 0 Å². The molecule has 1 saturated heterocycles. The molecule has 1 atom stereocenters. The number of carbonyl (C=O) groups excluding carboxylic acids is 1. The van der Waals surface area contributed by atoms with Gasteiger partial charge in [0.15, 0.2) is 0 Å². The van der Waals surface area contributed by atoms with Crippen LogP contribution in [0.5, 0.6) is 0 Å². The minimum absolute atomic E-state index is 0.0375. The first-order chi connectivity index (χ1) is 7.75. The molecule has 0 aromatic heterocycles. The second kappa shape index (κ2) is 5.46. The van der Waals surface area contributed by atoms with Crippen LogP contribution in [0.3, 0.4) is 0 Å². The van der Waals surface area contributed by atoms with E-state index in [1.165, 1.54) is 0 Å². The lowest BCUT2D eigenvalue weighted by Gasteiger charge is -2.09. The summed E-state index contributed by atoms with van der Waals surface area (Å²) < 4.78 is 6.23. The van der Waals surface area contributed by atoms with Crippen molar-refractivity contribution >= 4 is 21.8 Å². The number of hydrogen-bond acceptors (Lipinski definition) is 2. The number of benzene rings is 1. The van der Waals surface area contributed by atoms with E-state index in [1.807, 2.05) is 24.3 Å². The van der Waals surface area contributed by atoms with Gasteiger partial charge < -0.3 is 10.1 Å². The molecule has 1 unspecified atom stereocenters. The molecular formula is C12H14BrNO2. The van der Waals surface area contributed by atoms with Crippen LogP contribution >= 0.6 is 15.9 Å². The SMILES string of the molecule is O=C(NCc1ccc(Br)cc1)C1CCOC1. The first kappa shape index (κ1) is 11.6. The zero-order chi connectivity index (χ0) is 11.4. The van der Waals surface area contributed by atoms with Gasteiger partial charge in [-0.1, -0.05) is 28.1 Å². The van der Waals surface area contributed by atoms with Gasteiger partial charge in [0.25, 0.3) is 0 Å². The Labute approximate surface area is 103 Å². The third-order valence-corrected chi connectivity index (χ3v) is 3.21. The van der Waals surface area contributed by atoms with Crippen LogP contribution in [-0.2, 0) is 16.1 Å². The summed E-state index contributed by atoms with van der Waals surface area (Å²) in [5.74, 6) is 0.135. The fraction of sp³-hybridized carbons (Fsp3) is 0.417. The zero-order valence-corrected chi connectivity index (χ0v) is 10.5. The molecule has 0 radical (unpaired) electrons. The van der Waals surface area contributed by atoms with Crippen LogP contribution < -0.4 is 5.32 Å². The van der Waals surface area contributed by atoms with Crippen LogP contribution in [0, 0.1) is 5.92 Å². The predicted molar refractivity (Wildman–Crippen MR) is 64.9 cm³/mol. The quantitative estimate of drug-likeness (QED) is 0.923. The van der Waals surface area contributed by atoms with E-state index in [9.17, 15) is 4.79 Å². The predicted octanol–water partition coefficient (Wildman–Crippen LogP) is 2.10. The van der Waals surface area contributed by atoms with Gasteiger partial charge >= 0.3 is 0 Å². The maximum atomic E-state index is 11.7. The highest BCUT2D eigenvalue weighted by atomic mass is 79.9. The normalized spacial score (nSPS) is 19.7. The molecule has 0 bridgehead atoms. The van der Waals surface area contributed by atoms with Crippen molar-refractivity contribution < 1.29 is 9.53 Å². The van der Waals surface area contributed by atoms with Crippen molar-refractivity contribution in [3.05, 3.63) is 34.3 Å². The first-order valence-electron chi connectivity index (χ1n) is 5.35. The summed E-state index contributed by atoms with van der Waals surface area (Å²) >= 11 is 3.38. The van der Waals surface area contributed by atoms with Crippen LogP contribution in [0.4, 0.5) is 0 Å². The molecule has 4 heteroatoms. The lowest BCUT2D eigenvalue weighted by molar-refractivity contribution is -0.125. The molecule has 0 aliphatic carbocycles. The minimum Gasteiger partial charge on any atom is -0.381 e. The summed E-state index contributed by atoms with van der Waals surface area (Å²) in [5.41, 5.74) is 1.11. The molecule has 3 nitrogen and oxygen atoms in total. The molecule has 0 spiro atoms. The van der Waals surface area contributed by atoms with E-state index in [1.54, 1.807) is 0 Å². The van der Waals surface area contributed by atoms with Crippen molar-refractivity contribution in [2.45, 2.75) is 13.0 Å². The summed E-state index contributed by atoms with van der Waals surface area (Å²) in [4.78, 5) is 11.7. The van der Waals surface area contributed by atoms with Crippen molar-refractivity contribution in [2.24, 2.45) is 5.92 Å². The lowest BCUT2D eigenvalue weighted by Crippen LogP contribution is -2.30. The van der Waals surface area contributed by atoms with E-state index in [-0.39, 0.29) is 11.8 Å². The fourth-order valence-electron chi connectivity index (χ4n) is 1.68. The Morgan fingerprint density at radius 3 is 2.81 bits per heavy atom. The molecule has 1 aromatic rings. The molecule has 1 aromatic carbocycles. The Kier molecular flexibility index (Phi) is 3.96. The average molecular weight is 284 g/mol. The van der Waals surface area contributed by atoms with E-state index >= 15 is 0 Å². The van der Waals surface area contributed by atoms with Crippen molar-refractivity contribution in [2.75, 3.05) is 13.2 Å². The smallest absolute Gasteiger partial charge is 0.225 e. The molecule has 2 rings (SSSR count). The monoisotopic (exact) mass is 283 g/mol. The van der Waals surface area contributed by atoms with Crippen LogP contribution in [0.2, 0.25) is 0 Å². The molecular weight excluding hydrogens is 270 g/mol. The largest absolute Gasteiger partial charge is 0.381 e. The summed E-state index contributed by atoms with van der Waals surface area (Å²) in [6, 6.07) is 7.94. The van der Waals surface area contributed by atoms with Crippen molar-refractivity contribution in [1.82, 2.24) is 5.32 Å². The number of hydrogen-bond donors (Lipinski definition) is 1. The number of halogens is 1. The highest BCUT2D eigenvalue weighted by Crippen LogP contribution is 2.13. The molecule has 0 saturated carbocycles. The van der Waals surface area contributed by atoms with Crippen LogP contribution in [0.15, 0.2) is 28.7 Å². The van der Waals surface area contributed by atoms with Crippen LogP contribution in [0.1, 0.15) is 12.0 Å². The molecule has 1 aliphatic heterocycles. The highest BCUT2D eigenvalue weighted by Gasteiger charge is 2.22. The van der Waals surface area contributed by atoms with Gasteiger partial charge in [-0.25, -0.2) is 0 Å². The second-order valence-electron chi connectivity index (χ2n) is 3.90. The lowest BCUT2D eigenvalue weighted by atomic mass is 10.1. The van der Waals surface area contributed by atoms with Gasteiger partial charge in [0.05, 0.1) is 12.5 Å². The number of amides is 1.